The van der Waals surface area contributed by atoms with Gasteiger partial charge >= 0.3 is 5.97 Å². The highest BCUT2D eigenvalue weighted by atomic mass is 16.6. The van der Waals surface area contributed by atoms with Crippen molar-refractivity contribution >= 4 is 5.97 Å². The second-order valence-electron chi connectivity index (χ2n) is 2.59. The number of cyclic esters (lactones) is 1. The summed E-state index contributed by atoms with van der Waals surface area (Å²) in [6.45, 7) is -0.637. The Morgan fingerprint density at radius 2 is 2.08 bits per heavy atom. The van der Waals surface area contributed by atoms with Gasteiger partial charge < -0.3 is 25.2 Å². The van der Waals surface area contributed by atoms with Crippen LogP contribution in [0.15, 0.2) is 0 Å². The van der Waals surface area contributed by atoms with Gasteiger partial charge in [0.05, 0.1) is 6.61 Å². The fourth-order valence-electron chi connectivity index (χ4n) is 1.00. The van der Waals surface area contributed by atoms with Gasteiger partial charge in [-0.15, -0.1) is 0 Å². The van der Waals surface area contributed by atoms with E-state index in [1.54, 1.807) is 0 Å². The molecular weight excluding hydrogens is 168 g/mol. The highest BCUT2D eigenvalue weighted by molar-refractivity contribution is 5.77. The Kier molecular flexibility index (Phi) is 2.63. The molecule has 1 rings (SSSR count). The van der Waals surface area contributed by atoms with E-state index in [9.17, 15) is 4.79 Å². The summed E-state index contributed by atoms with van der Waals surface area (Å²) in [7, 11) is 0. The minimum atomic E-state index is -1.63. The van der Waals surface area contributed by atoms with Crippen molar-refractivity contribution in [1.29, 1.82) is 0 Å². The predicted molar refractivity (Wildman–Crippen MR) is 35.0 cm³/mol. The molecule has 0 aromatic carbocycles. The topological polar surface area (TPSA) is 107 Å². The first kappa shape index (κ1) is 9.40. The number of carbonyl (C=O) groups is 1. The summed E-state index contributed by atoms with van der Waals surface area (Å²) < 4.78 is 4.39. The molecule has 1 aliphatic rings. The molecule has 1 saturated heterocycles. The molecular formula is C6H10O6. The number of carbonyl (C=O) groups excluding carboxylic acids is 1. The Morgan fingerprint density at radius 1 is 1.50 bits per heavy atom. The number of hydrogen-bond acceptors (Lipinski definition) is 6. The maximum atomic E-state index is 10.6. The summed E-state index contributed by atoms with van der Waals surface area (Å²) in [4.78, 5) is 10.6. The van der Waals surface area contributed by atoms with Crippen LogP contribution in [0.3, 0.4) is 0 Å². The van der Waals surface area contributed by atoms with Crippen LogP contribution in [0.25, 0.3) is 0 Å². The van der Waals surface area contributed by atoms with Crippen molar-refractivity contribution in [3.8, 4) is 0 Å². The fourth-order valence-corrected chi connectivity index (χ4v) is 1.00. The molecule has 1 fully saturated rings. The van der Waals surface area contributed by atoms with Crippen LogP contribution < -0.4 is 0 Å². The average molecular weight is 178 g/mol. The molecule has 12 heavy (non-hydrogen) atoms. The lowest BCUT2D eigenvalue weighted by Crippen LogP contribution is -2.40. The molecule has 3 unspecified atom stereocenters. The van der Waals surface area contributed by atoms with E-state index in [1.165, 1.54) is 0 Å². The molecule has 0 saturated carbocycles. The highest BCUT2D eigenvalue weighted by Gasteiger charge is 2.45. The van der Waals surface area contributed by atoms with Gasteiger partial charge in [0.2, 0.25) is 0 Å². The van der Waals surface area contributed by atoms with Gasteiger partial charge in [0.15, 0.2) is 12.2 Å². The van der Waals surface area contributed by atoms with Crippen LogP contribution in [-0.2, 0) is 9.53 Å². The van der Waals surface area contributed by atoms with E-state index in [-0.39, 0.29) is 0 Å². The highest BCUT2D eigenvalue weighted by Crippen LogP contribution is 2.18. The van der Waals surface area contributed by atoms with Crippen LogP contribution in [0.4, 0.5) is 0 Å². The molecule has 0 aliphatic carbocycles. The molecule has 0 spiro atoms. The van der Waals surface area contributed by atoms with Crippen LogP contribution in [-0.4, -0.2) is 57.4 Å². The molecule has 1 aliphatic heterocycles. The van der Waals surface area contributed by atoms with E-state index in [0.717, 1.165) is 0 Å². The van der Waals surface area contributed by atoms with Crippen molar-refractivity contribution in [3.05, 3.63) is 0 Å². The zero-order valence-electron chi connectivity index (χ0n) is 6.12. The molecule has 0 amide bonds. The van der Waals surface area contributed by atoms with E-state index < -0.39 is 37.0 Å². The predicted octanol–water partition coefficient (Wildman–Crippen LogP) is -3.01. The van der Waals surface area contributed by atoms with Gasteiger partial charge in [-0.3, -0.25) is 0 Å². The number of rotatable bonds is 2. The Labute approximate surface area is 68.0 Å². The third-order valence-corrected chi connectivity index (χ3v) is 1.72. The summed E-state index contributed by atoms with van der Waals surface area (Å²) in [6, 6.07) is 0. The largest absolute Gasteiger partial charge is 0.455 e. The summed E-state index contributed by atoms with van der Waals surface area (Å²) in [6.07, 6.45) is -5.70. The molecule has 0 aromatic heterocycles. The lowest BCUT2D eigenvalue weighted by Gasteiger charge is -2.17. The van der Waals surface area contributed by atoms with Crippen LogP contribution in [0.1, 0.15) is 0 Å². The summed E-state index contributed by atoms with van der Waals surface area (Å²) in [5.74, 6) is -0.986. The monoisotopic (exact) mass is 178 g/mol. The molecule has 70 valence electrons. The van der Waals surface area contributed by atoms with Crippen LogP contribution in [0.2, 0.25) is 0 Å². The second-order valence-corrected chi connectivity index (χ2v) is 2.59. The number of esters is 1. The van der Waals surface area contributed by atoms with Gasteiger partial charge in [-0.2, -0.15) is 0 Å². The Hall–Kier alpha value is -0.690. The Bertz CT molecular complexity index is 181. The second kappa shape index (κ2) is 3.36. The normalized spacial score (nSPS) is 38.0. The van der Waals surface area contributed by atoms with E-state index in [1.807, 2.05) is 0 Å². The van der Waals surface area contributed by atoms with Crippen molar-refractivity contribution < 1.29 is 30.0 Å². The molecule has 0 aromatic rings. The van der Waals surface area contributed by atoms with Crippen molar-refractivity contribution in [1.82, 2.24) is 0 Å². The van der Waals surface area contributed by atoms with Gasteiger partial charge in [-0.05, 0) is 0 Å². The van der Waals surface area contributed by atoms with Crippen LogP contribution in [0.5, 0.6) is 0 Å². The maximum Gasteiger partial charge on any atom is 0.338 e. The molecule has 4 N–H and O–H groups in total. The zero-order chi connectivity index (χ0) is 9.30. The van der Waals surface area contributed by atoms with Crippen molar-refractivity contribution in [2.75, 3.05) is 6.61 Å². The van der Waals surface area contributed by atoms with Crippen LogP contribution >= 0.6 is 0 Å². The summed E-state index contributed by atoms with van der Waals surface area (Å²) in [5.41, 5.74) is 0. The maximum absolute atomic E-state index is 10.6. The third kappa shape index (κ3) is 1.42. The number of aliphatic hydroxyl groups excluding tert-OH is 4. The van der Waals surface area contributed by atoms with E-state index in [2.05, 4.69) is 4.74 Å². The first-order valence-electron chi connectivity index (χ1n) is 3.43. The first-order chi connectivity index (χ1) is 5.57. The lowest BCUT2D eigenvalue weighted by atomic mass is 10.1. The zero-order valence-corrected chi connectivity index (χ0v) is 6.12. The van der Waals surface area contributed by atoms with Gasteiger partial charge in [0, 0.05) is 0 Å². The quantitative estimate of drug-likeness (QED) is 0.335. The summed E-state index contributed by atoms with van der Waals surface area (Å²) in [5, 5.41) is 35.3. The SMILES string of the molecule is O=C1OC([C@H](O)CO)C(O)C1O. The van der Waals surface area contributed by atoms with Crippen molar-refractivity contribution in [2.45, 2.75) is 24.4 Å². The Morgan fingerprint density at radius 3 is 2.42 bits per heavy atom. The molecule has 0 bridgehead atoms. The van der Waals surface area contributed by atoms with Gasteiger partial charge in [0.25, 0.3) is 0 Å². The van der Waals surface area contributed by atoms with Crippen molar-refractivity contribution in [3.63, 3.8) is 0 Å². The smallest absolute Gasteiger partial charge is 0.338 e. The minimum Gasteiger partial charge on any atom is -0.455 e. The molecule has 6 heteroatoms. The van der Waals surface area contributed by atoms with Crippen molar-refractivity contribution in [2.24, 2.45) is 0 Å². The number of ether oxygens (including phenoxy) is 1. The van der Waals surface area contributed by atoms with E-state index in [0.29, 0.717) is 0 Å². The van der Waals surface area contributed by atoms with Gasteiger partial charge in [-0.1, -0.05) is 0 Å². The summed E-state index contributed by atoms with van der Waals surface area (Å²) >= 11 is 0. The van der Waals surface area contributed by atoms with E-state index in [4.69, 9.17) is 20.4 Å². The van der Waals surface area contributed by atoms with Crippen LogP contribution in [0, 0.1) is 0 Å². The van der Waals surface area contributed by atoms with Gasteiger partial charge in [-0.25, -0.2) is 4.79 Å². The minimum absolute atomic E-state index is 0.637. The molecule has 0 radical (unpaired) electrons. The van der Waals surface area contributed by atoms with Gasteiger partial charge in [0.1, 0.15) is 12.2 Å². The average Bonchev–Trinajstić information content (AvgIpc) is 2.32. The number of aliphatic hydroxyl groups is 4. The standard InChI is InChI=1S/C6H10O6/c7-1-2(8)5-3(9)4(10)6(11)12-5/h2-5,7-10H,1H2/t2-,3?,4?,5?/m1/s1. The number of hydrogen-bond donors (Lipinski definition) is 4. The molecule has 1 heterocycles. The Balaban J connectivity index is 2.64. The first-order valence-corrected chi connectivity index (χ1v) is 3.43. The fraction of sp³-hybridized carbons (Fsp3) is 0.833. The molecule has 6 nitrogen and oxygen atoms in total. The third-order valence-electron chi connectivity index (χ3n) is 1.72. The lowest BCUT2D eigenvalue weighted by molar-refractivity contribution is -0.151. The van der Waals surface area contributed by atoms with E-state index >= 15 is 0 Å². The molecule has 4 atom stereocenters.